The molecule has 0 aromatic heterocycles. The highest BCUT2D eigenvalue weighted by Crippen LogP contribution is 2.29. The first kappa shape index (κ1) is 23.0. The lowest BCUT2D eigenvalue weighted by atomic mass is 10.1. The lowest BCUT2D eigenvalue weighted by Crippen LogP contribution is -2.51. The fourth-order valence-electron chi connectivity index (χ4n) is 4.03. The summed E-state index contributed by atoms with van der Waals surface area (Å²) in [4.78, 5) is 42.0. The molecule has 2 aliphatic rings. The third kappa shape index (κ3) is 6.14. The number of hydrogen-bond donors (Lipinski definition) is 1. The van der Waals surface area contributed by atoms with Gasteiger partial charge < -0.3 is 19.9 Å². The molecule has 0 bridgehead atoms. The van der Waals surface area contributed by atoms with Crippen molar-refractivity contribution in [1.82, 2.24) is 15.1 Å². The maximum absolute atomic E-state index is 13.3. The molecule has 0 atom stereocenters. The van der Waals surface area contributed by atoms with Gasteiger partial charge in [-0.05, 0) is 25.3 Å². The number of nitro groups is 1. The molecule has 2 amide bonds. The van der Waals surface area contributed by atoms with Gasteiger partial charge in [0.05, 0.1) is 22.7 Å². The van der Waals surface area contributed by atoms with Crippen molar-refractivity contribution >= 4 is 23.2 Å². The van der Waals surface area contributed by atoms with Crippen LogP contribution in [0.5, 0.6) is 0 Å². The number of nitrogens with zero attached hydrogens (tertiary/aromatic N) is 4. The smallest absolute Gasteiger partial charge is 0.270 e. The van der Waals surface area contributed by atoms with Crippen LogP contribution < -0.4 is 10.2 Å². The standard InChI is InChI=1S/C21H31N5O5/c1-31-14-4-7-22-20(27)16-23-10-12-25(13-11-23)21(28)18-15-17(26(29)30)5-6-19(18)24-8-2-3-9-24/h5-6,15H,2-4,7-14,16H2,1H3,(H,22,27). The number of anilines is 1. The van der Waals surface area contributed by atoms with E-state index < -0.39 is 4.92 Å². The Balaban J connectivity index is 1.59. The van der Waals surface area contributed by atoms with Gasteiger partial charge in [0.1, 0.15) is 0 Å². The highest BCUT2D eigenvalue weighted by molar-refractivity contribution is 6.00. The molecule has 3 rings (SSSR count). The van der Waals surface area contributed by atoms with E-state index in [0.29, 0.717) is 51.4 Å². The van der Waals surface area contributed by atoms with Crippen LogP contribution in [-0.4, -0.2) is 92.6 Å². The average Bonchev–Trinajstić information content (AvgIpc) is 3.31. The van der Waals surface area contributed by atoms with E-state index in [-0.39, 0.29) is 17.5 Å². The van der Waals surface area contributed by atoms with Crippen LogP contribution in [0.3, 0.4) is 0 Å². The zero-order chi connectivity index (χ0) is 22.2. The molecule has 2 saturated heterocycles. The van der Waals surface area contributed by atoms with E-state index in [0.717, 1.165) is 38.0 Å². The second-order valence-corrected chi connectivity index (χ2v) is 7.92. The molecule has 1 aromatic rings. The maximum Gasteiger partial charge on any atom is 0.270 e. The van der Waals surface area contributed by atoms with E-state index in [1.54, 1.807) is 18.1 Å². The van der Waals surface area contributed by atoms with Gasteiger partial charge in [-0.25, -0.2) is 0 Å². The summed E-state index contributed by atoms with van der Waals surface area (Å²) in [5, 5.41) is 14.1. The second kappa shape index (κ2) is 11.1. The number of non-ortho nitro benzene ring substituents is 1. The van der Waals surface area contributed by atoms with E-state index in [2.05, 4.69) is 10.2 Å². The van der Waals surface area contributed by atoms with E-state index in [1.807, 2.05) is 4.90 Å². The number of rotatable bonds is 9. The van der Waals surface area contributed by atoms with Gasteiger partial charge in [0.25, 0.3) is 11.6 Å². The van der Waals surface area contributed by atoms with Gasteiger partial charge in [0.2, 0.25) is 5.91 Å². The first-order chi connectivity index (χ1) is 15.0. The van der Waals surface area contributed by atoms with E-state index in [4.69, 9.17) is 4.74 Å². The Morgan fingerprint density at radius 1 is 1.13 bits per heavy atom. The van der Waals surface area contributed by atoms with Gasteiger partial charge >= 0.3 is 0 Å². The summed E-state index contributed by atoms with van der Waals surface area (Å²) >= 11 is 0. The number of hydrogen-bond acceptors (Lipinski definition) is 7. The number of nitrogens with one attached hydrogen (secondary N) is 1. The number of carbonyl (C=O) groups excluding carboxylic acids is 2. The summed E-state index contributed by atoms with van der Waals surface area (Å²) in [5.41, 5.74) is 1.08. The Morgan fingerprint density at radius 2 is 1.84 bits per heavy atom. The number of amides is 2. The molecule has 0 unspecified atom stereocenters. The predicted octanol–water partition coefficient (Wildman–Crippen LogP) is 1.11. The molecule has 10 nitrogen and oxygen atoms in total. The Morgan fingerprint density at radius 3 is 2.48 bits per heavy atom. The number of piperazine rings is 1. The molecule has 0 aliphatic carbocycles. The second-order valence-electron chi connectivity index (χ2n) is 7.92. The molecule has 0 radical (unpaired) electrons. The molecule has 2 heterocycles. The van der Waals surface area contributed by atoms with Crippen LogP contribution in [0.4, 0.5) is 11.4 Å². The minimum Gasteiger partial charge on any atom is -0.385 e. The molecule has 31 heavy (non-hydrogen) atoms. The summed E-state index contributed by atoms with van der Waals surface area (Å²) in [6.07, 6.45) is 2.88. The SMILES string of the molecule is COCCCNC(=O)CN1CCN(C(=O)c2cc([N+](=O)[O-])ccc2N2CCCC2)CC1. The summed E-state index contributed by atoms with van der Waals surface area (Å²) < 4.78 is 4.97. The Kier molecular flexibility index (Phi) is 8.19. The third-order valence-electron chi connectivity index (χ3n) is 5.74. The minimum absolute atomic E-state index is 0.0362. The number of methoxy groups -OCH3 is 1. The zero-order valence-corrected chi connectivity index (χ0v) is 18.0. The molecule has 0 saturated carbocycles. The Hall–Kier alpha value is -2.72. The molecular formula is C21H31N5O5. The van der Waals surface area contributed by atoms with Gasteiger partial charge in [-0.3, -0.25) is 24.6 Å². The Labute approximate surface area is 182 Å². The number of carbonyl (C=O) groups is 2. The summed E-state index contributed by atoms with van der Waals surface area (Å²) in [6, 6.07) is 4.56. The van der Waals surface area contributed by atoms with Crippen LogP contribution >= 0.6 is 0 Å². The van der Waals surface area contributed by atoms with E-state index in [9.17, 15) is 19.7 Å². The summed E-state index contributed by atoms with van der Waals surface area (Å²) in [6.45, 7) is 5.34. The van der Waals surface area contributed by atoms with Crippen molar-refractivity contribution in [3.63, 3.8) is 0 Å². The van der Waals surface area contributed by atoms with Gasteiger partial charge in [-0.15, -0.1) is 0 Å². The summed E-state index contributed by atoms with van der Waals surface area (Å²) in [5.74, 6) is -0.222. The van der Waals surface area contributed by atoms with Crippen LogP contribution in [0.1, 0.15) is 29.6 Å². The van der Waals surface area contributed by atoms with Crippen LogP contribution in [0.2, 0.25) is 0 Å². The highest BCUT2D eigenvalue weighted by Gasteiger charge is 2.28. The largest absolute Gasteiger partial charge is 0.385 e. The first-order valence-electron chi connectivity index (χ1n) is 10.8. The van der Waals surface area contributed by atoms with Crippen LogP contribution in [0.15, 0.2) is 18.2 Å². The fraction of sp³-hybridized carbons (Fsp3) is 0.619. The van der Waals surface area contributed by atoms with Crippen LogP contribution in [0, 0.1) is 10.1 Å². The summed E-state index contributed by atoms with van der Waals surface area (Å²) in [7, 11) is 1.63. The van der Waals surface area contributed by atoms with Gasteiger partial charge in [-0.1, -0.05) is 0 Å². The quantitative estimate of drug-likeness (QED) is 0.353. The van der Waals surface area contributed by atoms with E-state index in [1.165, 1.54) is 12.1 Å². The van der Waals surface area contributed by atoms with Gasteiger partial charge in [0.15, 0.2) is 0 Å². The molecule has 10 heteroatoms. The monoisotopic (exact) mass is 433 g/mol. The van der Waals surface area contributed by atoms with Crippen molar-refractivity contribution in [2.45, 2.75) is 19.3 Å². The molecule has 1 N–H and O–H groups in total. The number of benzene rings is 1. The molecule has 0 spiro atoms. The first-order valence-corrected chi connectivity index (χ1v) is 10.8. The van der Waals surface area contributed by atoms with Crippen molar-refractivity contribution < 1.29 is 19.2 Å². The van der Waals surface area contributed by atoms with Gasteiger partial charge in [0, 0.05) is 71.7 Å². The molecule has 170 valence electrons. The van der Waals surface area contributed by atoms with Crippen molar-refractivity contribution in [2.75, 3.05) is 71.0 Å². The molecular weight excluding hydrogens is 402 g/mol. The van der Waals surface area contributed by atoms with E-state index >= 15 is 0 Å². The van der Waals surface area contributed by atoms with Crippen molar-refractivity contribution in [3.05, 3.63) is 33.9 Å². The van der Waals surface area contributed by atoms with Crippen LogP contribution in [-0.2, 0) is 9.53 Å². The van der Waals surface area contributed by atoms with Crippen LogP contribution in [0.25, 0.3) is 0 Å². The maximum atomic E-state index is 13.3. The molecule has 2 aliphatic heterocycles. The number of ether oxygens (including phenoxy) is 1. The topological polar surface area (TPSA) is 108 Å². The average molecular weight is 434 g/mol. The Bertz CT molecular complexity index is 788. The molecule has 1 aromatic carbocycles. The number of nitro benzene ring substituents is 1. The third-order valence-corrected chi connectivity index (χ3v) is 5.74. The lowest BCUT2D eigenvalue weighted by Gasteiger charge is -2.35. The van der Waals surface area contributed by atoms with Crippen molar-refractivity contribution in [1.29, 1.82) is 0 Å². The fourth-order valence-corrected chi connectivity index (χ4v) is 4.03. The predicted molar refractivity (Wildman–Crippen MR) is 116 cm³/mol. The molecule has 2 fully saturated rings. The van der Waals surface area contributed by atoms with Gasteiger partial charge in [-0.2, -0.15) is 0 Å². The highest BCUT2D eigenvalue weighted by atomic mass is 16.6. The zero-order valence-electron chi connectivity index (χ0n) is 18.0. The van der Waals surface area contributed by atoms with Crippen molar-refractivity contribution in [3.8, 4) is 0 Å². The normalized spacial score (nSPS) is 17.1. The minimum atomic E-state index is -0.465. The van der Waals surface area contributed by atoms with Crippen molar-refractivity contribution in [2.24, 2.45) is 0 Å². The lowest BCUT2D eigenvalue weighted by molar-refractivity contribution is -0.384.